The first kappa shape index (κ1) is 16.8. The highest BCUT2D eigenvalue weighted by atomic mass is 16.2. The number of amides is 2. The topological polar surface area (TPSA) is 35.6 Å². The average molecular weight is 303 g/mol. The second-order valence-electron chi connectivity index (χ2n) is 6.90. The molecule has 0 aromatic heterocycles. The van der Waals surface area contributed by atoms with Crippen molar-refractivity contribution in [2.75, 3.05) is 33.7 Å². The number of urea groups is 1. The molecule has 0 radical (unpaired) electrons. The Morgan fingerprint density at radius 2 is 1.91 bits per heavy atom. The molecular weight excluding hydrogens is 274 g/mol. The minimum Gasteiger partial charge on any atom is -0.334 e. The smallest absolute Gasteiger partial charge is 0.317 e. The highest BCUT2D eigenvalue weighted by Crippen LogP contribution is 2.18. The zero-order chi connectivity index (χ0) is 16.3. The van der Waals surface area contributed by atoms with Gasteiger partial charge in [-0.3, -0.25) is 0 Å². The fourth-order valence-corrected chi connectivity index (χ4v) is 3.45. The molecule has 0 unspecified atom stereocenters. The summed E-state index contributed by atoms with van der Waals surface area (Å²) in [5.74, 6) is 0.601. The second kappa shape index (κ2) is 7.14. The highest BCUT2D eigenvalue weighted by molar-refractivity contribution is 5.74. The number of aryl methyl sites for hydroxylation is 3. The molecule has 1 N–H and O–H groups in total. The molecule has 0 bridgehead atoms. The predicted molar refractivity (Wildman–Crippen MR) is 91.1 cm³/mol. The third-order valence-corrected chi connectivity index (χ3v) is 4.45. The number of nitrogens with zero attached hydrogens (tertiary/aromatic N) is 2. The number of benzene rings is 1. The maximum absolute atomic E-state index is 12.3. The average Bonchev–Trinajstić information content (AvgIpc) is 2.84. The molecule has 0 spiro atoms. The first-order valence-corrected chi connectivity index (χ1v) is 8.11. The van der Waals surface area contributed by atoms with E-state index in [1.165, 1.54) is 22.3 Å². The minimum absolute atomic E-state index is 0.0700. The summed E-state index contributed by atoms with van der Waals surface area (Å²) in [5, 5.41) is 3.09. The number of likely N-dealkylation sites (tertiary alicyclic amines) is 1. The molecule has 0 aliphatic carbocycles. The van der Waals surface area contributed by atoms with Crippen LogP contribution in [-0.4, -0.2) is 49.6 Å². The van der Waals surface area contributed by atoms with Crippen molar-refractivity contribution in [2.45, 2.75) is 33.7 Å². The molecule has 1 fully saturated rings. The Hall–Kier alpha value is -1.55. The highest BCUT2D eigenvalue weighted by Gasteiger charge is 2.26. The SMILES string of the molecule is Cc1cc(C)c(CNC(=O)N2CC[C@H](CN(C)C)C2)c(C)c1. The van der Waals surface area contributed by atoms with Gasteiger partial charge >= 0.3 is 6.03 Å². The van der Waals surface area contributed by atoms with E-state index < -0.39 is 0 Å². The summed E-state index contributed by atoms with van der Waals surface area (Å²) in [5.41, 5.74) is 5.02. The van der Waals surface area contributed by atoms with Gasteiger partial charge in [0.2, 0.25) is 0 Å². The van der Waals surface area contributed by atoms with Crippen molar-refractivity contribution in [1.82, 2.24) is 15.1 Å². The fraction of sp³-hybridized carbons (Fsp3) is 0.611. The minimum atomic E-state index is 0.0700. The van der Waals surface area contributed by atoms with E-state index in [-0.39, 0.29) is 6.03 Å². The van der Waals surface area contributed by atoms with E-state index in [9.17, 15) is 4.79 Å². The summed E-state index contributed by atoms with van der Waals surface area (Å²) in [4.78, 5) is 16.5. The molecule has 4 nitrogen and oxygen atoms in total. The zero-order valence-corrected chi connectivity index (χ0v) is 14.6. The molecule has 1 atom stereocenters. The van der Waals surface area contributed by atoms with Crippen molar-refractivity contribution in [3.63, 3.8) is 0 Å². The van der Waals surface area contributed by atoms with E-state index in [0.29, 0.717) is 12.5 Å². The quantitative estimate of drug-likeness (QED) is 0.928. The van der Waals surface area contributed by atoms with Crippen LogP contribution in [0.3, 0.4) is 0 Å². The normalized spacial score (nSPS) is 18.1. The van der Waals surface area contributed by atoms with Crippen molar-refractivity contribution in [3.05, 3.63) is 34.4 Å². The molecule has 4 heteroatoms. The van der Waals surface area contributed by atoms with Crippen LogP contribution in [0.2, 0.25) is 0 Å². The monoisotopic (exact) mass is 303 g/mol. The van der Waals surface area contributed by atoms with Crippen LogP contribution < -0.4 is 5.32 Å². The van der Waals surface area contributed by atoms with Gasteiger partial charge in [0.15, 0.2) is 0 Å². The Bertz CT molecular complexity index is 516. The number of rotatable bonds is 4. The number of nitrogens with one attached hydrogen (secondary N) is 1. The van der Waals surface area contributed by atoms with E-state index >= 15 is 0 Å². The molecule has 0 saturated carbocycles. The summed E-state index contributed by atoms with van der Waals surface area (Å²) in [7, 11) is 4.18. The number of hydrogen-bond donors (Lipinski definition) is 1. The Kier molecular flexibility index (Phi) is 5.46. The Morgan fingerprint density at radius 1 is 1.27 bits per heavy atom. The molecule has 1 saturated heterocycles. The summed E-state index contributed by atoms with van der Waals surface area (Å²) in [6.07, 6.45) is 1.11. The third kappa shape index (κ3) is 4.23. The van der Waals surface area contributed by atoms with Crippen LogP contribution in [0.25, 0.3) is 0 Å². The molecule has 1 aliphatic rings. The van der Waals surface area contributed by atoms with Crippen LogP contribution in [-0.2, 0) is 6.54 Å². The Balaban J connectivity index is 1.89. The molecule has 2 amide bonds. The van der Waals surface area contributed by atoms with Gasteiger partial charge in [0.25, 0.3) is 0 Å². The van der Waals surface area contributed by atoms with Crippen molar-refractivity contribution < 1.29 is 4.79 Å². The van der Waals surface area contributed by atoms with Gasteiger partial charge in [-0.2, -0.15) is 0 Å². The third-order valence-electron chi connectivity index (χ3n) is 4.45. The summed E-state index contributed by atoms with van der Waals surface area (Å²) in [6, 6.07) is 4.43. The van der Waals surface area contributed by atoms with Crippen LogP contribution >= 0.6 is 0 Å². The van der Waals surface area contributed by atoms with Gasteiger partial charge < -0.3 is 15.1 Å². The zero-order valence-electron chi connectivity index (χ0n) is 14.6. The standard InChI is InChI=1S/C18H29N3O/c1-13-8-14(2)17(15(3)9-13)10-19-18(22)21-7-6-16(12-21)11-20(4)5/h8-9,16H,6-7,10-12H2,1-5H3,(H,19,22)/t16-/m1/s1. The lowest BCUT2D eigenvalue weighted by molar-refractivity contribution is 0.205. The van der Waals surface area contributed by atoms with Crippen LogP contribution in [0.4, 0.5) is 4.79 Å². The van der Waals surface area contributed by atoms with Crippen molar-refractivity contribution in [2.24, 2.45) is 5.92 Å². The Labute approximate surface area is 134 Å². The van der Waals surface area contributed by atoms with E-state index in [1.807, 2.05) is 4.90 Å². The summed E-state index contributed by atoms with van der Waals surface area (Å²) >= 11 is 0. The van der Waals surface area contributed by atoms with Crippen molar-refractivity contribution in [3.8, 4) is 0 Å². The fourth-order valence-electron chi connectivity index (χ4n) is 3.45. The molecule has 1 aliphatic heterocycles. The maximum atomic E-state index is 12.3. The van der Waals surface area contributed by atoms with E-state index in [1.54, 1.807) is 0 Å². The molecule has 1 aromatic rings. The largest absolute Gasteiger partial charge is 0.334 e. The van der Waals surface area contributed by atoms with Gasteiger partial charge in [-0.15, -0.1) is 0 Å². The molecule has 22 heavy (non-hydrogen) atoms. The van der Waals surface area contributed by atoms with Crippen LogP contribution in [0.1, 0.15) is 28.7 Å². The molecular formula is C18H29N3O. The lowest BCUT2D eigenvalue weighted by Gasteiger charge is -2.20. The Morgan fingerprint density at radius 3 is 2.50 bits per heavy atom. The number of carbonyl (C=O) groups excluding carboxylic acids is 1. The lowest BCUT2D eigenvalue weighted by Crippen LogP contribution is -2.38. The molecule has 122 valence electrons. The van der Waals surface area contributed by atoms with E-state index in [2.05, 4.69) is 57.2 Å². The lowest BCUT2D eigenvalue weighted by atomic mass is 10.00. The van der Waals surface area contributed by atoms with Gasteiger partial charge in [0, 0.05) is 26.2 Å². The number of carbonyl (C=O) groups is 1. The first-order valence-electron chi connectivity index (χ1n) is 8.11. The summed E-state index contributed by atoms with van der Waals surface area (Å²) < 4.78 is 0. The van der Waals surface area contributed by atoms with Gasteiger partial charge in [-0.25, -0.2) is 4.79 Å². The number of hydrogen-bond acceptors (Lipinski definition) is 2. The second-order valence-corrected chi connectivity index (χ2v) is 6.90. The van der Waals surface area contributed by atoms with Crippen LogP contribution in [0.5, 0.6) is 0 Å². The van der Waals surface area contributed by atoms with Gasteiger partial charge in [0.1, 0.15) is 0 Å². The van der Waals surface area contributed by atoms with E-state index in [0.717, 1.165) is 26.1 Å². The van der Waals surface area contributed by atoms with Crippen LogP contribution in [0, 0.1) is 26.7 Å². The molecule has 2 rings (SSSR count). The van der Waals surface area contributed by atoms with Crippen LogP contribution in [0.15, 0.2) is 12.1 Å². The van der Waals surface area contributed by atoms with E-state index in [4.69, 9.17) is 0 Å². The van der Waals surface area contributed by atoms with Gasteiger partial charge in [-0.05, 0) is 63.9 Å². The predicted octanol–water partition coefficient (Wildman–Crippen LogP) is 2.70. The molecule has 1 heterocycles. The van der Waals surface area contributed by atoms with Gasteiger partial charge in [-0.1, -0.05) is 17.7 Å². The van der Waals surface area contributed by atoms with Crippen molar-refractivity contribution >= 4 is 6.03 Å². The maximum Gasteiger partial charge on any atom is 0.317 e. The summed E-state index contributed by atoms with van der Waals surface area (Å²) in [6.45, 7) is 9.75. The van der Waals surface area contributed by atoms with Gasteiger partial charge in [0.05, 0.1) is 0 Å². The van der Waals surface area contributed by atoms with Crippen molar-refractivity contribution in [1.29, 1.82) is 0 Å². The molecule has 1 aromatic carbocycles. The first-order chi connectivity index (χ1) is 10.4.